The molecule has 1 saturated carbocycles. The number of nitrogens with one attached hydrogen (secondary N) is 1. The Morgan fingerprint density at radius 2 is 1.88 bits per heavy atom. The van der Waals surface area contributed by atoms with Crippen molar-refractivity contribution in [2.75, 3.05) is 11.9 Å². The van der Waals surface area contributed by atoms with Gasteiger partial charge in [0, 0.05) is 23.8 Å². The second-order valence-electron chi connectivity index (χ2n) is 6.50. The van der Waals surface area contributed by atoms with Crippen molar-refractivity contribution < 1.29 is 9.18 Å². The molecule has 126 valence electrons. The lowest BCUT2D eigenvalue weighted by molar-refractivity contribution is 0.0995. The fraction of sp³-hybridized carbons (Fsp3) is 0.368. The van der Waals surface area contributed by atoms with E-state index in [4.69, 9.17) is 5.73 Å². The normalized spacial score (nSPS) is 16.5. The molecular formula is C19H22FN3O. The SMILES string of the molecule is NC(=O)c1cc(NCC2(c3ccc(F)cc3)CCCCC2)ccn1. The Balaban J connectivity index is 1.81. The van der Waals surface area contributed by atoms with Crippen LogP contribution in [0, 0.1) is 5.82 Å². The number of primary amides is 1. The number of hydrogen-bond donors (Lipinski definition) is 2. The van der Waals surface area contributed by atoms with Crippen molar-refractivity contribution in [2.45, 2.75) is 37.5 Å². The van der Waals surface area contributed by atoms with Crippen molar-refractivity contribution >= 4 is 11.6 Å². The van der Waals surface area contributed by atoms with Crippen molar-refractivity contribution in [3.63, 3.8) is 0 Å². The van der Waals surface area contributed by atoms with Crippen LogP contribution < -0.4 is 11.1 Å². The number of rotatable bonds is 5. The molecule has 3 rings (SSSR count). The number of anilines is 1. The Morgan fingerprint density at radius 3 is 2.54 bits per heavy atom. The van der Waals surface area contributed by atoms with E-state index in [0.717, 1.165) is 25.1 Å². The number of hydrogen-bond acceptors (Lipinski definition) is 3. The van der Waals surface area contributed by atoms with Gasteiger partial charge in [0.1, 0.15) is 11.5 Å². The predicted octanol–water partition coefficient (Wildman–Crippen LogP) is 3.63. The highest BCUT2D eigenvalue weighted by molar-refractivity contribution is 5.91. The van der Waals surface area contributed by atoms with Crippen LogP contribution in [0.2, 0.25) is 0 Å². The fourth-order valence-corrected chi connectivity index (χ4v) is 3.55. The van der Waals surface area contributed by atoms with Crippen LogP contribution in [0.4, 0.5) is 10.1 Å². The molecule has 1 aromatic carbocycles. The molecule has 1 fully saturated rings. The van der Waals surface area contributed by atoms with E-state index in [0.29, 0.717) is 0 Å². The average Bonchev–Trinajstić information content (AvgIpc) is 2.61. The maximum atomic E-state index is 13.3. The van der Waals surface area contributed by atoms with E-state index in [1.807, 2.05) is 18.2 Å². The first-order valence-electron chi connectivity index (χ1n) is 8.35. The summed E-state index contributed by atoms with van der Waals surface area (Å²) in [6, 6.07) is 10.3. The van der Waals surface area contributed by atoms with Gasteiger partial charge >= 0.3 is 0 Å². The molecular weight excluding hydrogens is 305 g/mol. The molecule has 1 aromatic heterocycles. The van der Waals surface area contributed by atoms with Crippen molar-refractivity contribution in [1.82, 2.24) is 4.98 Å². The Hall–Kier alpha value is -2.43. The van der Waals surface area contributed by atoms with Crippen molar-refractivity contribution in [3.05, 3.63) is 59.7 Å². The van der Waals surface area contributed by atoms with Gasteiger partial charge in [-0.05, 0) is 42.7 Å². The lowest BCUT2D eigenvalue weighted by Crippen LogP contribution is -2.36. The molecule has 0 aliphatic heterocycles. The van der Waals surface area contributed by atoms with E-state index < -0.39 is 5.91 Å². The topological polar surface area (TPSA) is 68.0 Å². The molecule has 3 N–H and O–H groups in total. The Morgan fingerprint density at radius 1 is 1.17 bits per heavy atom. The van der Waals surface area contributed by atoms with Crippen molar-refractivity contribution in [1.29, 1.82) is 0 Å². The smallest absolute Gasteiger partial charge is 0.267 e. The molecule has 1 aliphatic carbocycles. The number of amides is 1. The first-order chi connectivity index (χ1) is 11.6. The summed E-state index contributed by atoms with van der Waals surface area (Å²) in [5.41, 5.74) is 7.52. The Kier molecular flexibility index (Phi) is 4.79. The second kappa shape index (κ2) is 6.99. The highest BCUT2D eigenvalue weighted by atomic mass is 19.1. The maximum Gasteiger partial charge on any atom is 0.267 e. The van der Waals surface area contributed by atoms with Gasteiger partial charge in [0.25, 0.3) is 5.91 Å². The van der Waals surface area contributed by atoms with E-state index in [1.54, 1.807) is 12.3 Å². The molecule has 1 amide bonds. The molecule has 0 unspecified atom stereocenters. The molecule has 2 aromatic rings. The Bertz CT molecular complexity index is 709. The fourth-order valence-electron chi connectivity index (χ4n) is 3.55. The van der Waals surface area contributed by atoms with Crippen LogP contribution in [0.1, 0.15) is 48.2 Å². The number of carbonyl (C=O) groups is 1. The van der Waals surface area contributed by atoms with Gasteiger partial charge in [-0.25, -0.2) is 4.39 Å². The Labute approximate surface area is 141 Å². The quantitative estimate of drug-likeness (QED) is 0.881. The number of carbonyl (C=O) groups excluding carboxylic acids is 1. The van der Waals surface area contributed by atoms with Gasteiger partial charge in [-0.1, -0.05) is 31.4 Å². The zero-order valence-corrected chi connectivity index (χ0v) is 13.6. The van der Waals surface area contributed by atoms with Gasteiger partial charge in [-0.2, -0.15) is 0 Å². The summed E-state index contributed by atoms with van der Waals surface area (Å²) in [5, 5.41) is 3.42. The van der Waals surface area contributed by atoms with Gasteiger partial charge in [0.2, 0.25) is 0 Å². The number of aromatic nitrogens is 1. The summed E-state index contributed by atoms with van der Waals surface area (Å²) in [7, 11) is 0. The average molecular weight is 327 g/mol. The van der Waals surface area contributed by atoms with Gasteiger partial charge in [-0.15, -0.1) is 0 Å². The summed E-state index contributed by atoms with van der Waals surface area (Å²) >= 11 is 0. The van der Waals surface area contributed by atoms with Gasteiger partial charge < -0.3 is 11.1 Å². The van der Waals surface area contributed by atoms with Gasteiger partial charge in [-0.3, -0.25) is 9.78 Å². The molecule has 4 nitrogen and oxygen atoms in total. The summed E-state index contributed by atoms with van der Waals surface area (Å²) in [6.07, 6.45) is 7.29. The molecule has 0 radical (unpaired) electrons. The maximum absolute atomic E-state index is 13.3. The molecule has 0 saturated heterocycles. The molecule has 24 heavy (non-hydrogen) atoms. The van der Waals surface area contributed by atoms with E-state index >= 15 is 0 Å². The zero-order valence-electron chi connectivity index (χ0n) is 13.6. The number of nitrogens with zero attached hydrogens (tertiary/aromatic N) is 1. The summed E-state index contributed by atoms with van der Waals surface area (Å²) in [6.45, 7) is 0.737. The molecule has 0 spiro atoms. The zero-order chi connectivity index (χ0) is 17.0. The first-order valence-corrected chi connectivity index (χ1v) is 8.35. The van der Waals surface area contributed by atoms with Crippen molar-refractivity contribution in [2.24, 2.45) is 5.73 Å². The third-order valence-corrected chi connectivity index (χ3v) is 4.91. The highest BCUT2D eigenvalue weighted by Gasteiger charge is 2.33. The van der Waals surface area contributed by atoms with E-state index in [2.05, 4.69) is 10.3 Å². The van der Waals surface area contributed by atoms with E-state index in [1.165, 1.54) is 37.0 Å². The molecule has 0 atom stereocenters. The lowest BCUT2D eigenvalue weighted by atomic mass is 9.69. The van der Waals surface area contributed by atoms with E-state index in [9.17, 15) is 9.18 Å². The number of halogens is 1. The minimum atomic E-state index is -0.537. The number of pyridine rings is 1. The third kappa shape index (κ3) is 3.55. The largest absolute Gasteiger partial charge is 0.384 e. The van der Waals surface area contributed by atoms with Gasteiger partial charge in [0.05, 0.1) is 0 Å². The minimum Gasteiger partial charge on any atom is -0.384 e. The van der Waals surface area contributed by atoms with Crippen LogP contribution in [0.15, 0.2) is 42.6 Å². The molecule has 1 aliphatic rings. The standard InChI is InChI=1S/C19H22FN3O/c20-15-6-4-14(5-7-15)19(9-2-1-3-10-19)13-23-16-8-11-22-17(12-16)18(21)24/h4-8,11-12H,1-3,9-10,13H2,(H2,21,24)(H,22,23). The molecule has 0 bridgehead atoms. The summed E-state index contributed by atoms with van der Waals surface area (Å²) in [5.74, 6) is -0.748. The molecule has 5 heteroatoms. The van der Waals surface area contributed by atoms with E-state index in [-0.39, 0.29) is 16.9 Å². The lowest BCUT2D eigenvalue weighted by Gasteiger charge is -2.38. The van der Waals surface area contributed by atoms with Crippen LogP contribution in [0.5, 0.6) is 0 Å². The number of benzene rings is 1. The third-order valence-electron chi connectivity index (χ3n) is 4.91. The van der Waals surface area contributed by atoms with Crippen LogP contribution >= 0.6 is 0 Å². The first kappa shape index (κ1) is 16.4. The van der Waals surface area contributed by atoms with Crippen LogP contribution in [-0.4, -0.2) is 17.4 Å². The van der Waals surface area contributed by atoms with Crippen LogP contribution in [0.3, 0.4) is 0 Å². The summed E-state index contributed by atoms with van der Waals surface area (Å²) < 4.78 is 13.3. The molecule has 1 heterocycles. The predicted molar refractivity (Wildman–Crippen MR) is 92.4 cm³/mol. The van der Waals surface area contributed by atoms with Gasteiger partial charge in [0.15, 0.2) is 0 Å². The van der Waals surface area contributed by atoms with Crippen molar-refractivity contribution in [3.8, 4) is 0 Å². The number of nitrogens with two attached hydrogens (primary N) is 1. The highest BCUT2D eigenvalue weighted by Crippen LogP contribution is 2.39. The second-order valence-corrected chi connectivity index (χ2v) is 6.50. The minimum absolute atomic E-state index is 0.0118. The van der Waals surface area contributed by atoms with Crippen LogP contribution in [0.25, 0.3) is 0 Å². The van der Waals surface area contributed by atoms with Crippen LogP contribution in [-0.2, 0) is 5.41 Å². The summed E-state index contributed by atoms with van der Waals surface area (Å²) in [4.78, 5) is 15.2. The monoisotopic (exact) mass is 327 g/mol.